The predicted octanol–water partition coefficient (Wildman–Crippen LogP) is 2.04. The molecule has 24 heavy (non-hydrogen) atoms. The number of piperidine rings is 1. The van der Waals surface area contributed by atoms with Gasteiger partial charge in [-0.3, -0.25) is 9.80 Å². The third kappa shape index (κ3) is 5.77. The summed E-state index contributed by atoms with van der Waals surface area (Å²) in [6.07, 6.45) is 5.72. The van der Waals surface area contributed by atoms with Crippen LogP contribution >= 0.6 is 22.6 Å². The Balaban J connectivity index is 1.23. The molecule has 1 aliphatic carbocycles. The Morgan fingerprint density at radius 3 is 2.29 bits per heavy atom. The summed E-state index contributed by atoms with van der Waals surface area (Å²) < 4.78 is 12.1. The van der Waals surface area contributed by atoms with E-state index in [-0.39, 0.29) is 0 Å². The Kier molecular flexibility index (Phi) is 7.61. The van der Waals surface area contributed by atoms with Gasteiger partial charge in [0.05, 0.1) is 18.8 Å². The Morgan fingerprint density at radius 1 is 1.00 bits per heavy atom. The zero-order valence-corrected chi connectivity index (χ0v) is 17.5. The number of nitrogens with zero attached hydrogens (tertiary/aromatic N) is 3. The van der Waals surface area contributed by atoms with Gasteiger partial charge in [-0.05, 0) is 39.9 Å². The molecule has 3 aliphatic rings. The van der Waals surface area contributed by atoms with Crippen molar-refractivity contribution in [2.45, 2.75) is 55.0 Å². The van der Waals surface area contributed by atoms with E-state index < -0.39 is 0 Å². The van der Waals surface area contributed by atoms with Crippen LogP contribution in [0.4, 0.5) is 0 Å². The number of piperazine rings is 1. The molecule has 3 rings (SSSR count). The molecule has 1 unspecified atom stereocenters. The SMILES string of the molecule is CC(I)OC1CC(OCCN2CCN(C3CCN(C)CC3)CC2)C1. The van der Waals surface area contributed by atoms with Crippen LogP contribution in [0.2, 0.25) is 0 Å². The van der Waals surface area contributed by atoms with Crippen molar-refractivity contribution in [3.8, 4) is 0 Å². The van der Waals surface area contributed by atoms with Crippen molar-refractivity contribution in [2.24, 2.45) is 0 Å². The lowest BCUT2D eigenvalue weighted by Gasteiger charge is -2.42. The number of hydrogen-bond donors (Lipinski definition) is 0. The Hall–Kier alpha value is 0.530. The second kappa shape index (κ2) is 9.46. The molecule has 0 aromatic rings. The van der Waals surface area contributed by atoms with Gasteiger partial charge in [-0.2, -0.15) is 0 Å². The van der Waals surface area contributed by atoms with Crippen LogP contribution in [-0.2, 0) is 9.47 Å². The number of hydrogen-bond acceptors (Lipinski definition) is 5. The van der Waals surface area contributed by atoms with E-state index in [0.29, 0.717) is 16.3 Å². The summed E-state index contributed by atoms with van der Waals surface area (Å²) in [5.74, 6) is 0. The van der Waals surface area contributed by atoms with Gasteiger partial charge >= 0.3 is 0 Å². The standard InChI is InChI=1S/C18H34IN3O2/c1-15(19)24-18-13-17(14-18)23-12-11-21-7-9-22(10-8-21)16-3-5-20(2)6-4-16/h15-18H,3-14H2,1-2H3. The first-order valence-corrected chi connectivity index (χ1v) is 10.9. The van der Waals surface area contributed by atoms with E-state index >= 15 is 0 Å². The molecule has 0 aromatic heterocycles. The van der Waals surface area contributed by atoms with E-state index in [2.05, 4.69) is 51.3 Å². The molecule has 140 valence electrons. The summed E-state index contributed by atoms with van der Waals surface area (Å²) >= 11 is 2.32. The Morgan fingerprint density at radius 2 is 1.67 bits per heavy atom. The molecule has 2 aliphatic heterocycles. The van der Waals surface area contributed by atoms with Crippen LogP contribution in [0.15, 0.2) is 0 Å². The first kappa shape index (κ1) is 19.3. The van der Waals surface area contributed by atoms with Crippen molar-refractivity contribution in [3.63, 3.8) is 0 Å². The van der Waals surface area contributed by atoms with Crippen LogP contribution in [0.3, 0.4) is 0 Å². The topological polar surface area (TPSA) is 28.2 Å². The molecule has 0 aromatic carbocycles. The summed E-state index contributed by atoms with van der Waals surface area (Å²) in [7, 11) is 2.24. The summed E-state index contributed by atoms with van der Waals surface area (Å²) in [6, 6.07) is 0.826. The second-order valence-corrected chi connectivity index (χ2v) is 9.43. The van der Waals surface area contributed by atoms with Crippen LogP contribution in [0.1, 0.15) is 32.6 Å². The molecule has 3 fully saturated rings. The monoisotopic (exact) mass is 451 g/mol. The maximum absolute atomic E-state index is 6.00. The lowest BCUT2D eigenvalue weighted by molar-refractivity contribution is -0.105. The first-order valence-electron chi connectivity index (χ1n) is 9.66. The zero-order valence-electron chi connectivity index (χ0n) is 15.3. The molecule has 1 atom stereocenters. The smallest absolute Gasteiger partial charge is 0.106 e. The van der Waals surface area contributed by atoms with Crippen LogP contribution < -0.4 is 0 Å². The third-order valence-electron chi connectivity index (χ3n) is 5.80. The van der Waals surface area contributed by atoms with E-state index in [1.807, 2.05) is 0 Å². The molecule has 0 N–H and O–H groups in total. The number of likely N-dealkylation sites (tertiary alicyclic amines) is 1. The second-order valence-electron chi connectivity index (χ2n) is 7.68. The van der Waals surface area contributed by atoms with Gasteiger partial charge in [0.2, 0.25) is 0 Å². The number of halogens is 1. The summed E-state index contributed by atoms with van der Waals surface area (Å²) in [6.45, 7) is 11.5. The van der Waals surface area contributed by atoms with Crippen LogP contribution in [0.25, 0.3) is 0 Å². The first-order chi connectivity index (χ1) is 11.6. The lowest BCUT2D eigenvalue weighted by atomic mass is 9.92. The van der Waals surface area contributed by atoms with Crippen LogP contribution in [0.5, 0.6) is 0 Å². The molecule has 0 amide bonds. The number of ether oxygens (including phenoxy) is 2. The summed E-state index contributed by atoms with van der Waals surface area (Å²) in [4.78, 5) is 7.76. The average molecular weight is 451 g/mol. The van der Waals surface area contributed by atoms with Gasteiger partial charge in [-0.25, -0.2) is 0 Å². The van der Waals surface area contributed by atoms with Crippen molar-refractivity contribution in [3.05, 3.63) is 0 Å². The minimum absolute atomic E-state index is 0.314. The molecule has 0 spiro atoms. The van der Waals surface area contributed by atoms with Gasteiger partial charge in [0.15, 0.2) is 0 Å². The van der Waals surface area contributed by atoms with Crippen molar-refractivity contribution in [1.82, 2.24) is 14.7 Å². The molecule has 2 heterocycles. The molecule has 6 heteroatoms. The highest BCUT2D eigenvalue weighted by Crippen LogP contribution is 2.28. The molecule has 5 nitrogen and oxygen atoms in total. The van der Waals surface area contributed by atoms with Gasteiger partial charge in [0, 0.05) is 51.6 Å². The highest BCUT2D eigenvalue weighted by atomic mass is 127. The maximum atomic E-state index is 6.00. The maximum Gasteiger partial charge on any atom is 0.106 e. The minimum Gasteiger partial charge on any atom is -0.377 e. The molecule has 1 saturated carbocycles. The Bertz CT molecular complexity index is 363. The summed E-state index contributed by atoms with van der Waals surface area (Å²) in [5, 5.41) is 0. The highest BCUT2D eigenvalue weighted by molar-refractivity contribution is 14.1. The van der Waals surface area contributed by atoms with E-state index in [1.54, 1.807) is 0 Å². The Labute approximate surface area is 161 Å². The third-order valence-corrected chi connectivity index (χ3v) is 6.10. The fourth-order valence-corrected chi connectivity index (χ4v) is 4.51. The van der Waals surface area contributed by atoms with E-state index in [4.69, 9.17) is 9.47 Å². The van der Waals surface area contributed by atoms with Crippen molar-refractivity contribution in [1.29, 1.82) is 0 Å². The van der Waals surface area contributed by atoms with Crippen molar-refractivity contribution >= 4 is 22.6 Å². The van der Waals surface area contributed by atoms with E-state index in [1.165, 1.54) is 52.1 Å². The summed E-state index contributed by atoms with van der Waals surface area (Å²) in [5.41, 5.74) is 0. The minimum atomic E-state index is 0.314. The fourth-order valence-electron chi connectivity index (χ4n) is 4.09. The van der Waals surface area contributed by atoms with E-state index in [9.17, 15) is 0 Å². The normalized spacial score (nSPS) is 32.6. The van der Waals surface area contributed by atoms with Gasteiger partial charge in [0.25, 0.3) is 0 Å². The zero-order chi connectivity index (χ0) is 16.9. The average Bonchev–Trinajstić information content (AvgIpc) is 2.53. The van der Waals surface area contributed by atoms with Gasteiger partial charge in [0.1, 0.15) is 4.11 Å². The predicted molar refractivity (Wildman–Crippen MR) is 106 cm³/mol. The molecule has 0 radical (unpaired) electrons. The number of rotatable bonds is 7. The number of alkyl halides is 1. The highest BCUT2D eigenvalue weighted by Gasteiger charge is 2.32. The molecule has 2 saturated heterocycles. The van der Waals surface area contributed by atoms with Gasteiger partial charge in [-0.1, -0.05) is 22.6 Å². The van der Waals surface area contributed by atoms with Crippen LogP contribution in [-0.4, -0.2) is 96.5 Å². The van der Waals surface area contributed by atoms with Gasteiger partial charge in [-0.15, -0.1) is 0 Å². The van der Waals surface area contributed by atoms with Crippen molar-refractivity contribution < 1.29 is 9.47 Å². The quantitative estimate of drug-likeness (QED) is 0.437. The molecular weight excluding hydrogens is 417 g/mol. The van der Waals surface area contributed by atoms with Gasteiger partial charge < -0.3 is 14.4 Å². The largest absolute Gasteiger partial charge is 0.377 e. The molecule has 0 bridgehead atoms. The van der Waals surface area contributed by atoms with E-state index in [0.717, 1.165) is 32.0 Å². The molecular formula is C18H34IN3O2. The van der Waals surface area contributed by atoms with Crippen LogP contribution in [0, 0.1) is 0 Å². The van der Waals surface area contributed by atoms with Crippen molar-refractivity contribution in [2.75, 3.05) is 59.5 Å². The fraction of sp³-hybridized carbons (Fsp3) is 1.00. The lowest BCUT2D eigenvalue weighted by Crippen LogP contribution is -2.53.